The van der Waals surface area contributed by atoms with E-state index in [4.69, 9.17) is 42.6 Å². The Balaban J connectivity index is 0.00000507. The van der Waals surface area contributed by atoms with Crippen molar-refractivity contribution in [2.75, 3.05) is 64.0 Å². The second-order valence-electron chi connectivity index (χ2n) is 7.48. The normalized spacial score (nSPS) is 10.3. The highest BCUT2D eigenvalue weighted by Crippen LogP contribution is 2.51. The van der Waals surface area contributed by atoms with Crippen LogP contribution >= 0.6 is 24.9 Å². The minimum atomic E-state index is -1.57. The molecule has 0 fully saturated rings. The van der Waals surface area contributed by atoms with Gasteiger partial charge >= 0.3 is 0 Å². The topological polar surface area (TPSA) is 83.1 Å². The third-order valence-electron chi connectivity index (χ3n) is 5.74. The Morgan fingerprint density at radius 3 is 0.658 bits per heavy atom. The van der Waals surface area contributed by atoms with Crippen LogP contribution in [0.4, 0.5) is 0 Å². The number of halogens is 1. The summed E-state index contributed by atoms with van der Waals surface area (Å²) in [5.74, 6) is 5.00. The second-order valence-corrected chi connectivity index (χ2v) is 9.49. The van der Waals surface area contributed by atoms with Gasteiger partial charge < -0.3 is 42.6 Å². The van der Waals surface area contributed by atoms with Crippen LogP contribution < -0.4 is 58.5 Å². The molecule has 0 aliphatic carbocycles. The molecule has 0 aliphatic rings. The van der Waals surface area contributed by atoms with Crippen LogP contribution in [0.25, 0.3) is 0 Å². The Morgan fingerprint density at radius 1 is 0.342 bits per heavy atom. The standard InChI is InChI=1S/C27H33O9P.BrH/c1-28-16-10-19(31-4)25(20(11-16)32-5)37(26-21(33-6)12-17(29-2)13-22(26)34-7)27-23(35-8)14-18(30-3)15-24(27)36-9;/h10-15H,1-9H3;1H. The molecule has 208 valence electrons. The summed E-state index contributed by atoms with van der Waals surface area (Å²) in [6.07, 6.45) is 0. The minimum absolute atomic E-state index is 0. The lowest BCUT2D eigenvalue weighted by atomic mass is 10.3. The quantitative estimate of drug-likeness (QED) is 0.281. The van der Waals surface area contributed by atoms with E-state index in [0.717, 1.165) is 15.9 Å². The first-order valence-corrected chi connectivity index (χ1v) is 12.5. The Labute approximate surface area is 235 Å². The van der Waals surface area contributed by atoms with Gasteiger partial charge in [-0.25, -0.2) is 0 Å². The van der Waals surface area contributed by atoms with E-state index in [1.807, 2.05) is 0 Å². The third kappa shape index (κ3) is 5.92. The van der Waals surface area contributed by atoms with Gasteiger partial charge in [-0.2, -0.15) is 0 Å². The van der Waals surface area contributed by atoms with Gasteiger partial charge in [0.1, 0.15) is 51.7 Å². The molecule has 0 unspecified atom stereocenters. The molecule has 3 rings (SSSR count). The minimum Gasteiger partial charge on any atom is -0.496 e. The van der Waals surface area contributed by atoms with E-state index in [-0.39, 0.29) is 17.0 Å². The average Bonchev–Trinajstić information content (AvgIpc) is 2.96. The zero-order chi connectivity index (χ0) is 27.1. The Morgan fingerprint density at radius 2 is 0.526 bits per heavy atom. The average molecular weight is 613 g/mol. The molecule has 0 atom stereocenters. The smallest absolute Gasteiger partial charge is 0.134 e. The number of methoxy groups -OCH3 is 9. The Bertz CT molecular complexity index is 1010. The van der Waals surface area contributed by atoms with Gasteiger partial charge in [0.25, 0.3) is 0 Å². The van der Waals surface area contributed by atoms with Crippen LogP contribution in [0.2, 0.25) is 0 Å². The molecule has 11 heteroatoms. The summed E-state index contributed by atoms with van der Waals surface area (Å²) in [7, 11) is 12.7. The van der Waals surface area contributed by atoms with Gasteiger partial charge in [0, 0.05) is 44.3 Å². The van der Waals surface area contributed by atoms with Gasteiger partial charge in [-0.05, 0) is 0 Å². The van der Waals surface area contributed by atoms with E-state index in [2.05, 4.69) is 0 Å². The zero-order valence-electron chi connectivity index (χ0n) is 23.0. The number of hydrogen-bond acceptors (Lipinski definition) is 9. The molecule has 9 nitrogen and oxygen atoms in total. The van der Waals surface area contributed by atoms with Gasteiger partial charge in [-0.15, -0.1) is 17.0 Å². The molecule has 0 spiro atoms. The van der Waals surface area contributed by atoms with Crippen molar-refractivity contribution in [1.82, 2.24) is 0 Å². The lowest BCUT2D eigenvalue weighted by Gasteiger charge is -2.29. The maximum Gasteiger partial charge on any atom is 0.134 e. The fourth-order valence-electron chi connectivity index (χ4n) is 3.96. The van der Waals surface area contributed by atoms with Crippen molar-refractivity contribution in [3.8, 4) is 51.7 Å². The summed E-state index contributed by atoms with van der Waals surface area (Å²) in [5, 5.41) is 2.22. The van der Waals surface area contributed by atoms with Gasteiger partial charge in [0.05, 0.1) is 79.9 Å². The molecule has 0 aromatic heterocycles. The summed E-state index contributed by atoms with van der Waals surface area (Å²) in [5.41, 5.74) is 0. The lowest BCUT2D eigenvalue weighted by Crippen LogP contribution is -2.27. The molecule has 0 radical (unpaired) electrons. The fraction of sp³-hybridized carbons (Fsp3) is 0.333. The monoisotopic (exact) mass is 612 g/mol. The zero-order valence-corrected chi connectivity index (χ0v) is 25.6. The third-order valence-corrected chi connectivity index (χ3v) is 8.40. The highest BCUT2D eigenvalue weighted by molar-refractivity contribution is 8.93. The van der Waals surface area contributed by atoms with E-state index in [1.165, 1.54) is 0 Å². The van der Waals surface area contributed by atoms with E-state index in [0.29, 0.717) is 51.7 Å². The first-order chi connectivity index (χ1) is 17.9. The summed E-state index contributed by atoms with van der Waals surface area (Å²) in [6, 6.07) is 10.8. The van der Waals surface area contributed by atoms with Crippen LogP contribution in [-0.4, -0.2) is 64.0 Å². The van der Waals surface area contributed by atoms with Gasteiger partial charge in [0.15, 0.2) is 0 Å². The largest absolute Gasteiger partial charge is 0.496 e. The SMILES string of the molecule is Br.COc1cc(OC)c(P(c2c(OC)cc(OC)cc2OC)c2c(OC)cc(OC)cc2OC)c(OC)c1. The van der Waals surface area contributed by atoms with Crippen molar-refractivity contribution in [1.29, 1.82) is 0 Å². The summed E-state index contributed by atoms with van der Waals surface area (Å²) < 4.78 is 51.8. The van der Waals surface area contributed by atoms with Crippen LogP contribution in [-0.2, 0) is 0 Å². The number of hydrogen-bond donors (Lipinski definition) is 0. The Hall–Kier alpha value is -3.23. The van der Waals surface area contributed by atoms with Gasteiger partial charge in [-0.3, -0.25) is 0 Å². The molecule has 0 amide bonds. The predicted molar refractivity (Wildman–Crippen MR) is 154 cm³/mol. The Kier molecular flexibility index (Phi) is 11.5. The van der Waals surface area contributed by atoms with Crippen LogP contribution in [0.15, 0.2) is 36.4 Å². The van der Waals surface area contributed by atoms with Crippen molar-refractivity contribution < 1.29 is 42.6 Å². The molecule has 0 saturated heterocycles. The van der Waals surface area contributed by atoms with Crippen molar-refractivity contribution in [3.63, 3.8) is 0 Å². The fourth-order valence-corrected chi connectivity index (χ4v) is 6.89. The molecule has 0 aliphatic heterocycles. The first kappa shape index (κ1) is 31.0. The van der Waals surface area contributed by atoms with Crippen LogP contribution in [0.1, 0.15) is 0 Å². The number of rotatable bonds is 12. The lowest BCUT2D eigenvalue weighted by molar-refractivity contribution is 0.378. The molecule has 3 aromatic rings. The summed E-state index contributed by atoms with van der Waals surface area (Å²) >= 11 is 0. The highest BCUT2D eigenvalue weighted by Gasteiger charge is 2.36. The number of ether oxygens (including phenoxy) is 9. The molecule has 0 saturated carbocycles. The molecule has 0 heterocycles. The van der Waals surface area contributed by atoms with Crippen molar-refractivity contribution >= 4 is 40.8 Å². The molecule has 3 aromatic carbocycles. The van der Waals surface area contributed by atoms with Crippen molar-refractivity contribution in [2.24, 2.45) is 0 Å². The summed E-state index contributed by atoms with van der Waals surface area (Å²) in [4.78, 5) is 0. The van der Waals surface area contributed by atoms with Gasteiger partial charge in [-0.1, -0.05) is 0 Å². The van der Waals surface area contributed by atoms with E-state index < -0.39 is 7.92 Å². The highest BCUT2D eigenvalue weighted by atomic mass is 79.9. The number of benzene rings is 3. The molecular formula is C27H34BrO9P. The molecule has 0 N–H and O–H groups in total. The van der Waals surface area contributed by atoms with Crippen LogP contribution in [0.3, 0.4) is 0 Å². The predicted octanol–water partition coefficient (Wildman–Crippen LogP) is 4.10. The molecule has 38 heavy (non-hydrogen) atoms. The summed E-state index contributed by atoms with van der Waals surface area (Å²) in [6.45, 7) is 0. The second kappa shape index (κ2) is 14.1. The molecular weight excluding hydrogens is 579 g/mol. The van der Waals surface area contributed by atoms with Crippen LogP contribution in [0, 0.1) is 0 Å². The van der Waals surface area contributed by atoms with E-state index >= 15 is 0 Å². The first-order valence-electron chi connectivity index (χ1n) is 11.1. The maximum atomic E-state index is 5.88. The van der Waals surface area contributed by atoms with Crippen LogP contribution in [0.5, 0.6) is 51.7 Å². The van der Waals surface area contributed by atoms with Crippen molar-refractivity contribution in [3.05, 3.63) is 36.4 Å². The van der Waals surface area contributed by atoms with Crippen molar-refractivity contribution in [2.45, 2.75) is 0 Å². The van der Waals surface area contributed by atoms with E-state index in [1.54, 1.807) is 100 Å². The van der Waals surface area contributed by atoms with Gasteiger partial charge in [0.2, 0.25) is 0 Å². The maximum absolute atomic E-state index is 5.88. The molecule has 0 bridgehead atoms. The van der Waals surface area contributed by atoms with E-state index in [9.17, 15) is 0 Å².